The Kier molecular flexibility index (Phi) is 9.98. The number of alkyl carbamates (subject to hydrolysis) is 1. The highest BCUT2D eigenvalue weighted by Gasteiger charge is 2.38. The highest BCUT2D eigenvalue weighted by Crippen LogP contribution is 2.40. The summed E-state index contributed by atoms with van der Waals surface area (Å²) in [6, 6.07) is 29.8. The van der Waals surface area contributed by atoms with Crippen LogP contribution in [0.1, 0.15) is 49.6 Å². The SMILES string of the molecule is CNC(=O)[C@H](Cc1cn(C(c2ccccc2)(c2ccccc2)c2ccccc2)cn1)NC(=O)CCNC(=O)OC(C)(C)C. The third kappa shape index (κ3) is 7.68. The first-order valence-corrected chi connectivity index (χ1v) is 14.3. The van der Waals surface area contributed by atoms with Crippen LogP contribution < -0.4 is 16.0 Å². The van der Waals surface area contributed by atoms with Crippen LogP contribution in [0.3, 0.4) is 0 Å². The number of aromatic nitrogens is 2. The molecule has 0 radical (unpaired) electrons. The quantitative estimate of drug-likeness (QED) is 0.227. The van der Waals surface area contributed by atoms with Crippen molar-refractivity contribution >= 4 is 17.9 Å². The summed E-state index contributed by atoms with van der Waals surface area (Å²) in [6.07, 6.45) is 3.26. The maximum absolute atomic E-state index is 12.8. The van der Waals surface area contributed by atoms with Crippen molar-refractivity contribution < 1.29 is 19.1 Å². The molecule has 0 bridgehead atoms. The van der Waals surface area contributed by atoms with E-state index < -0.39 is 23.3 Å². The van der Waals surface area contributed by atoms with E-state index in [-0.39, 0.29) is 31.2 Å². The Morgan fingerprint density at radius 3 is 1.81 bits per heavy atom. The van der Waals surface area contributed by atoms with Gasteiger partial charge in [-0.1, -0.05) is 91.0 Å². The second-order valence-corrected chi connectivity index (χ2v) is 11.2. The van der Waals surface area contributed by atoms with E-state index in [1.807, 2.05) is 60.8 Å². The number of likely N-dealkylation sites (N-methyl/N-ethyl adjacent to an activating group) is 1. The van der Waals surface area contributed by atoms with Crippen LogP contribution >= 0.6 is 0 Å². The first kappa shape index (κ1) is 31.0. The molecule has 1 aromatic heterocycles. The Balaban J connectivity index is 1.61. The topological polar surface area (TPSA) is 114 Å². The van der Waals surface area contributed by atoms with Gasteiger partial charge in [0.1, 0.15) is 17.2 Å². The average molecular weight is 582 g/mol. The Hall–Kier alpha value is -4.92. The minimum absolute atomic E-state index is 0.0136. The van der Waals surface area contributed by atoms with Gasteiger partial charge in [0, 0.05) is 32.6 Å². The third-order valence-electron chi connectivity index (χ3n) is 6.93. The Labute approximate surface area is 252 Å². The summed E-state index contributed by atoms with van der Waals surface area (Å²) in [5.41, 5.74) is 2.39. The first-order valence-electron chi connectivity index (χ1n) is 14.3. The molecule has 0 aliphatic heterocycles. The fraction of sp³-hybridized carbons (Fsp3) is 0.294. The second-order valence-electron chi connectivity index (χ2n) is 11.2. The molecule has 0 saturated heterocycles. The molecule has 4 rings (SSSR count). The van der Waals surface area contributed by atoms with Crippen molar-refractivity contribution in [2.75, 3.05) is 13.6 Å². The molecule has 0 spiro atoms. The molecular weight excluding hydrogens is 542 g/mol. The van der Waals surface area contributed by atoms with Gasteiger partial charge in [-0.25, -0.2) is 9.78 Å². The number of nitrogens with one attached hydrogen (secondary N) is 3. The molecule has 0 aliphatic carbocycles. The van der Waals surface area contributed by atoms with Gasteiger partial charge in [-0.05, 0) is 37.5 Å². The van der Waals surface area contributed by atoms with E-state index in [4.69, 9.17) is 9.72 Å². The molecule has 43 heavy (non-hydrogen) atoms. The summed E-state index contributed by atoms with van der Waals surface area (Å²) in [7, 11) is 1.52. The first-order chi connectivity index (χ1) is 20.6. The van der Waals surface area contributed by atoms with Gasteiger partial charge >= 0.3 is 6.09 Å². The summed E-state index contributed by atoms with van der Waals surface area (Å²) in [5.74, 6) is -0.722. The predicted molar refractivity (Wildman–Crippen MR) is 165 cm³/mol. The molecular formula is C34H39N5O4. The Morgan fingerprint density at radius 2 is 1.35 bits per heavy atom. The van der Waals surface area contributed by atoms with Crippen LogP contribution in [0.2, 0.25) is 0 Å². The number of nitrogens with zero attached hydrogens (tertiary/aromatic N) is 2. The minimum atomic E-state index is -0.859. The number of hydrogen-bond acceptors (Lipinski definition) is 5. The minimum Gasteiger partial charge on any atom is -0.444 e. The molecule has 4 aromatic rings. The van der Waals surface area contributed by atoms with Crippen LogP contribution in [-0.4, -0.2) is 52.7 Å². The van der Waals surface area contributed by atoms with Crippen LogP contribution in [0.4, 0.5) is 4.79 Å². The van der Waals surface area contributed by atoms with E-state index in [0.717, 1.165) is 16.7 Å². The summed E-state index contributed by atoms with van der Waals surface area (Å²) in [6.45, 7) is 5.36. The summed E-state index contributed by atoms with van der Waals surface area (Å²) >= 11 is 0. The standard InChI is InChI=1S/C34H39N5O4/c1-33(2,3)43-32(42)36-21-20-30(40)38-29(31(41)35-4)22-28-23-39(24-37-28)34(25-14-8-5-9-15-25,26-16-10-6-11-17-26)27-18-12-7-13-19-27/h5-19,23-24,29H,20-22H2,1-4H3,(H,35,41)(H,36,42)(H,38,40)/t29-/m0/s1. The molecule has 0 unspecified atom stereocenters. The van der Waals surface area contributed by atoms with E-state index in [2.05, 4.69) is 56.9 Å². The highest BCUT2D eigenvalue weighted by molar-refractivity contribution is 5.87. The van der Waals surface area contributed by atoms with Gasteiger partial charge in [0.25, 0.3) is 0 Å². The smallest absolute Gasteiger partial charge is 0.407 e. The fourth-order valence-corrected chi connectivity index (χ4v) is 5.09. The lowest BCUT2D eigenvalue weighted by molar-refractivity contribution is -0.128. The van der Waals surface area contributed by atoms with E-state index >= 15 is 0 Å². The lowest BCUT2D eigenvalue weighted by Gasteiger charge is -2.37. The lowest BCUT2D eigenvalue weighted by Crippen LogP contribution is -2.47. The molecule has 0 saturated carbocycles. The van der Waals surface area contributed by atoms with Crippen LogP contribution in [0.25, 0.3) is 0 Å². The van der Waals surface area contributed by atoms with Crippen molar-refractivity contribution in [3.8, 4) is 0 Å². The Morgan fingerprint density at radius 1 is 0.837 bits per heavy atom. The number of rotatable bonds is 11. The predicted octanol–water partition coefficient (Wildman–Crippen LogP) is 4.41. The number of amides is 3. The zero-order valence-electron chi connectivity index (χ0n) is 25.0. The van der Waals surface area contributed by atoms with Crippen LogP contribution in [0.15, 0.2) is 104 Å². The van der Waals surface area contributed by atoms with E-state index in [1.165, 1.54) is 7.05 Å². The van der Waals surface area contributed by atoms with Crippen molar-refractivity contribution in [1.29, 1.82) is 0 Å². The molecule has 9 nitrogen and oxygen atoms in total. The number of carbonyl (C=O) groups excluding carboxylic acids is 3. The normalized spacial score (nSPS) is 12.2. The monoisotopic (exact) mass is 581 g/mol. The lowest BCUT2D eigenvalue weighted by atomic mass is 9.77. The van der Waals surface area contributed by atoms with Crippen molar-refractivity contribution in [2.45, 2.75) is 50.8 Å². The maximum atomic E-state index is 12.8. The van der Waals surface area contributed by atoms with E-state index in [0.29, 0.717) is 5.69 Å². The van der Waals surface area contributed by atoms with Crippen LogP contribution in [-0.2, 0) is 26.3 Å². The van der Waals surface area contributed by atoms with Gasteiger partial charge < -0.3 is 25.3 Å². The van der Waals surface area contributed by atoms with Gasteiger partial charge in [0.05, 0.1) is 12.0 Å². The highest BCUT2D eigenvalue weighted by atomic mass is 16.6. The number of carbonyl (C=O) groups is 3. The van der Waals surface area contributed by atoms with Gasteiger partial charge in [-0.3, -0.25) is 9.59 Å². The zero-order chi connectivity index (χ0) is 30.9. The number of hydrogen-bond donors (Lipinski definition) is 3. The van der Waals surface area contributed by atoms with E-state index in [9.17, 15) is 14.4 Å². The van der Waals surface area contributed by atoms with Crippen molar-refractivity contribution in [2.24, 2.45) is 0 Å². The number of benzene rings is 3. The second kappa shape index (κ2) is 13.8. The number of ether oxygens (including phenoxy) is 1. The average Bonchev–Trinajstić information content (AvgIpc) is 3.46. The molecule has 0 aliphatic rings. The molecule has 3 N–H and O–H groups in total. The van der Waals surface area contributed by atoms with E-state index in [1.54, 1.807) is 27.1 Å². The molecule has 1 heterocycles. The van der Waals surface area contributed by atoms with Crippen molar-refractivity contribution in [1.82, 2.24) is 25.5 Å². The molecule has 3 aromatic carbocycles. The van der Waals surface area contributed by atoms with Crippen molar-refractivity contribution in [3.05, 3.63) is 126 Å². The molecule has 224 valence electrons. The number of imidazole rings is 1. The Bertz CT molecular complexity index is 1400. The zero-order valence-corrected chi connectivity index (χ0v) is 25.0. The maximum Gasteiger partial charge on any atom is 0.407 e. The van der Waals surface area contributed by atoms with Gasteiger partial charge in [0.15, 0.2) is 0 Å². The van der Waals surface area contributed by atoms with Gasteiger partial charge in [0.2, 0.25) is 11.8 Å². The summed E-state index contributed by atoms with van der Waals surface area (Å²) < 4.78 is 7.27. The summed E-state index contributed by atoms with van der Waals surface area (Å²) in [4.78, 5) is 42.2. The third-order valence-corrected chi connectivity index (χ3v) is 6.93. The molecule has 1 atom stereocenters. The largest absolute Gasteiger partial charge is 0.444 e. The van der Waals surface area contributed by atoms with Gasteiger partial charge in [-0.15, -0.1) is 0 Å². The van der Waals surface area contributed by atoms with Crippen LogP contribution in [0, 0.1) is 0 Å². The molecule has 0 fully saturated rings. The molecule has 3 amide bonds. The van der Waals surface area contributed by atoms with Crippen LogP contribution in [0.5, 0.6) is 0 Å². The van der Waals surface area contributed by atoms with Gasteiger partial charge in [-0.2, -0.15) is 0 Å². The fourth-order valence-electron chi connectivity index (χ4n) is 5.09. The molecule has 9 heteroatoms. The van der Waals surface area contributed by atoms with Crippen molar-refractivity contribution in [3.63, 3.8) is 0 Å². The summed E-state index contributed by atoms with van der Waals surface area (Å²) in [5, 5.41) is 7.98.